The van der Waals surface area contributed by atoms with Crippen LogP contribution in [0.1, 0.15) is 44.9 Å². The summed E-state index contributed by atoms with van der Waals surface area (Å²) in [6.07, 6.45) is 1.37. The highest BCUT2D eigenvalue weighted by Gasteiger charge is 2.38. The van der Waals surface area contributed by atoms with Crippen LogP contribution in [0.3, 0.4) is 0 Å². The minimum atomic E-state index is -0.812. The standard InChI is InChI=1S/C18H17N3O4/c1-3-20(4-2)15-10-9-12(11-19-15)18(24)25-21-16(22)13-7-5-6-8-14(13)17(21)23/h5-11H,3-4H2,1-2H3. The van der Waals surface area contributed by atoms with Gasteiger partial charge in [0.05, 0.1) is 16.7 Å². The normalized spacial score (nSPS) is 13.0. The molecule has 3 rings (SSSR count). The molecule has 128 valence electrons. The fourth-order valence-corrected chi connectivity index (χ4v) is 2.63. The summed E-state index contributed by atoms with van der Waals surface area (Å²) in [5.74, 6) is -1.38. The van der Waals surface area contributed by atoms with E-state index in [-0.39, 0.29) is 16.7 Å². The van der Waals surface area contributed by atoms with E-state index in [1.54, 1.807) is 24.3 Å². The number of pyridine rings is 1. The van der Waals surface area contributed by atoms with Gasteiger partial charge in [0.1, 0.15) is 5.82 Å². The third-order valence-electron chi connectivity index (χ3n) is 4.00. The molecule has 25 heavy (non-hydrogen) atoms. The monoisotopic (exact) mass is 339 g/mol. The maximum absolute atomic E-state index is 12.2. The van der Waals surface area contributed by atoms with E-state index in [1.165, 1.54) is 18.3 Å². The number of benzene rings is 1. The highest BCUT2D eigenvalue weighted by Crippen LogP contribution is 2.23. The summed E-state index contributed by atoms with van der Waals surface area (Å²) in [6.45, 7) is 5.61. The molecule has 0 aliphatic carbocycles. The lowest BCUT2D eigenvalue weighted by atomic mass is 10.1. The number of imide groups is 1. The minimum Gasteiger partial charge on any atom is -0.357 e. The maximum atomic E-state index is 12.2. The zero-order valence-corrected chi connectivity index (χ0v) is 13.9. The topological polar surface area (TPSA) is 79.8 Å². The molecule has 7 nitrogen and oxygen atoms in total. The average molecular weight is 339 g/mol. The largest absolute Gasteiger partial charge is 0.365 e. The molecule has 0 unspecified atom stereocenters. The van der Waals surface area contributed by atoms with Crippen LogP contribution in [0.4, 0.5) is 5.82 Å². The Kier molecular flexibility index (Phi) is 4.47. The molecular formula is C18H17N3O4. The molecule has 2 heterocycles. The van der Waals surface area contributed by atoms with Crippen LogP contribution in [0, 0.1) is 0 Å². The van der Waals surface area contributed by atoms with Crippen LogP contribution >= 0.6 is 0 Å². The Morgan fingerprint density at radius 3 is 2.12 bits per heavy atom. The molecule has 0 N–H and O–H groups in total. The Balaban J connectivity index is 1.75. The first-order chi connectivity index (χ1) is 12.1. The first-order valence-electron chi connectivity index (χ1n) is 7.98. The van der Waals surface area contributed by atoms with Gasteiger partial charge in [-0.1, -0.05) is 17.2 Å². The molecule has 0 bridgehead atoms. The van der Waals surface area contributed by atoms with Gasteiger partial charge < -0.3 is 9.74 Å². The molecule has 1 aromatic carbocycles. The van der Waals surface area contributed by atoms with Crippen molar-refractivity contribution in [3.63, 3.8) is 0 Å². The minimum absolute atomic E-state index is 0.160. The molecule has 0 saturated heterocycles. The zero-order chi connectivity index (χ0) is 18.0. The predicted molar refractivity (Wildman–Crippen MR) is 90.2 cm³/mol. The van der Waals surface area contributed by atoms with Crippen molar-refractivity contribution in [1.82, 2.24) is 10.0 Å². The van der Waals surface area contributed by atoms with Crippen molar-refractivity contribution in [3.05, 3.63) is 59.3 Å². The van der Waals surface area contributed by atoms with E-state index < -0.39 is 17.8 Å². The van der Waals surface area contributed by atoms with Gasteiger partial charge in [0.15, 0.2) is 0 Å². The SMILES string of the molecule is CCN(CC)c1ccc(C(=O)ON2C(=O)c3ccccc3C2=O)cn1. The zero-order valence-electron chi connectivity index (χ0n) is 13.9. The van der Waals surface area contributed by atoms with Crippen LogP contribution in [0.5, 0.6) is 0 Å². The summed E-state index contributed by atoms with van der Waals surface area (Å²) in [4.78, 5) is 47.9. The number of amides is 2. The number of nitrogens with zero attached hydrogens (tertiary/aromatic N) is 3. The lowest BCUT2D eigenvalue weighted by molar-refractivity contribution is -0.0584. The molecule has 0 spiro atoms. The highest BCUT2D eigenvalue weighted by atomic mass is 16.7. The second kappa shape index (κ2) is 6.72. The van der Waals surface area contributed by atoms with Crippen molar-refractivity contribution in [2.45, 2.75) is 13.8 Å². The Hall–Kier alpha value is -3.22. The second-order valence-corrected chi connectivity index (χ2v) is 5.41. The molecule has 1 aliphatic rings. The number of rotatable bonds is 5. The van der Waals surface area contributed by atoms with Gasteiger partial charge in [-0.3, -0.25) is 9.59 Å². The van der Waals surface area contributed by atoms with Gasteiger partial charge in [-0.05, 0) is 38.1 Å². The van der Waals surface area contributed by atoms with E-state index in [9.17, 15) is 14.4 Å². The quantitative estimate of drug-likeness (QED) is 0.778. The van der Waals surface area contributed by atoms with Gasteiger partial charge in [0, 0.05) is 19.3 Å². The summed E-state index contributed by atoms with van der Waals surface area (Å²) in [7, 11) is 0. The van der Waals surface area contributed by atoms with E-state index in [2.05, 4.69) is 4.98 Å². The van der Waals surface area contributed by atoms with Crippen molar-refractivity contribution in [3.8, 4) is 0 Å². The molecule has 2 amide bonds. The first-order valence-corrected chi connectivity index (χ1v) is 7.98. The van der Waals surface area contributed by atoms with E-state index in [0.29, 0.717) is 5.06 Å². The van der Waals surface area contributed by atoms with Gasteiger partial charge in [-0.2, -0.15) is 0 Å². The van der Waals surface area contributed by atoms with E-state index in [4.69, 9.17) is 4.84 Å². The number of hydroxylamine groups is 2. The van der Waals surface area contributed by atoms with Gasteiger partial charge in [-0.15, -0.1) is 0 Å². The molecule has 1 aliphatic heterocycles. The summed E-state index contributed by atoms with van der Waals surface area (Å²) >= 11 is 0. The van der Waals surface area contributed by atoms with Crippen molar-refractivity contribution in [2.24, 2.45) is 0 Å². The summed E-state index contributed by atoms with van der Waals surface area (Å²) in [6, 6.07) is 9.58. The number of hydrogen-bond donors (Lipinski definition) is 0. The van der Waals surface area contributed by atoms with Gasteiger partial charge in [0.25, 0.3) is 11.8 Å². The summed E-state index contributed by atoms with van der Waals surface area (Å²) in [5.41, 5.74) is 0.595. The first kappa shape index (κ1) is 16.6. The van der Waals surface area contributed by atoms with Gasteiger partial charge >= 0.3 is 5.97 Å². The van der Waals surface area contributed by atoms with Crippen LogP contribution in [0.2, 0.25) is 0 Å². The molecule has 1 aromatic heterocycles. The van der Waals surface area contributed by atoms with Crippen LogP contribution < -0.4 is 4.90 Å². The van der Waals surface area contributed by atoms with Crippen molar-refractivity contribution >= 4 is 23.6 Å². The molecule has 7 heteroatoms. The molecular weight excluding hydrogens is 322 g/mol. The van der Waals surface area contributed by atoms with E-state index in [1.807, 2.05) is 18.7 Å². The van der Waals surface area contributed by atoms with Crippen molar-refractivity contribution in [1.29, 1.82) is 0 Å². The van der Waals surface area contributed by atoms with E-state index in [0.717, 1.165) is 18.9 Å². The lowest BCUT2D eigenvalue weighted by Crippen LogP contribution is -2.32. The Labute approximate surface area is 144 Å². The maximum Gasteiger partial charge on any atom is 0.365 e. The Morgan fingerprint density at radius 1 is 1.04 bits per heavy atom. The number of aromatic nitrogens is 1. The molecule has 0 atom stereocenters. The van der Waals surface area contributed by atoms with Crippen LogP contribution in [-0.4, -0.2) is 40.9 Å². The molecule has 0 radical (unpaired) electrons. The average Bonchev–Trinajstić information content (AvgIpc) is 2.88. The fourth-order valence-electron chi connectivity index (χ4n) is 2.63. The smallest absolute Gasteiger partial charge is 0.357 e. The molecule has 0 fully saturated rings. The number of hydrogen-bond acceptors (Lipinski definition) is 6. The number of carbonyl (C=O) groups excluding carboxylic acids is 3. The van der Waals surface area contributed by atoms with Crippen molar-refractivity contribution < 1.29 is 19.2 Å². The van der Waals surface area contributed by atoms with Crippen LogP contribution in [-0.2, 0) is 4.84 Å². The van der Waals surface area contributed by atoms with Gasteiger partial charge in [-0.25, -0.2) is 9.78 Å². The molecule has 0 saturated carbocycles. The predicted octanol–water partition coefficient (Wildman–Crippen LogP) is 2.30. The van der Waals surface area contributed by atoms with Crippen molar-refractivity contribution in [2.75, 3.05) is 18.0 Å². The molecule has 2 aromatic rings. The third kappa shape index (κ3) is 2.96. The van der Waals surface area contributed by atoms with Crippen LogP contribution in [0.15, 0.2) is 42.6 Å². The highest BCUT2D eigenvalue weighted by molar-refractivity contribution is 6.21. The van der Waals surface area contributed by atoms with Crippen LogP contribution in [0.25, 0.3) is 0 Å². The Bertz CT molecular complexity index is 793. The second-order valence-electron chi connectivity index (χ2n) is 5.41. The van der Waals surface area contributed by atoms with Gasteiger partial charge in [0.2, 0.25) is 0 Å². The number of fused-ring (bicyclic) bond motifs is 1. The number of carbonyl (C=O) groups is 3. The lowest BCUT2D eigenvalue weighted by Gasteiger charge is -2.19. The Morgan fingerprint density at radius 2 is 1.64 bits per heavy atom. The third-order valence-corrected chi connectivity index (χ3v) is 4.00. The van der Waals surface area contributed by atoms with E-state index >= 15 is 0 Å². The summed E-state index contributed by atoms with van der Waals surface area (Å²) in [5, 5.41) is 0.491. The fraction of sp³-hybridized carbons (Fsp3) is 0.222. The number of anilines is 1. The summed E-state index contributed by atoms with van der Waals surface area (Å²) < 4.78 is 0.